The van der Waals surface area contributed by atoms with E-state index in [0.717, 1.165) is 9.71 Å². The van der Waals surface area contributed by atoms with Crippen LogP contribution in [-0.2, 0) is 0 Å². The second-order valence-electron chi connectivity index (χ2n) is 2.61. The minimum absolute atomic E-state index is 0.0850. The maximum Gasteiger partial charge on any atom is 0.296 e. The van der Waals surface area contributed by atoms with Crippen LogP contribution >= 0.6 is 11.3 Å². The van der Waals surface area contributed by atoms with Crippen molar-refractivity contribution in [1.29, 1.82) is 0 Å². The summed E-state index contributed by atoms with van der Waals surface area (Å²) >= 11 is 1.47. The van der Waals surface area contributed by atoms with Crippen molar-refractivity contribution < 1.29 is 4.92 Å². The Hall–Kier alpha value is -1.49. The molecule has 1 aromatic heterocycles. The van der Waals surface area contributed by atoms with Crippen LogP contribution in [0.25, 0.3) is 10.2 Å². The summed E-state index contributed by atoms with van der Waals surface area (Å²) in [6.07, 6.45) is 0. The third-order valence-corrected chi connectivity index (χ3v) is 2.64. The number of nitro benzene ring substituents is 1. The van der Waals surface area contributed by atoms with Gasteiger partial charge in [0.15, 0.2) is 5.52 Å². The number of non-ortho nitro benzene ring substituents is 1. The topological polar surface area (TPSA) is 56.0 Å². The summed E-state index contributed by atoms with van der Waals surface area (Å²) in [4.78, 5) is 14.3. The Bertz CT molecular complexity index is 478. The van der Waals surface area contributed by atoms with E-state index in [1.165, 1.54) is 17.4 Å². The van der Waals surface area contributed by atoms with Crippen molar-refractivity contribution in [1.82, 2.24) is 4.98 Å². The van der Waals surface area contributed by atoms with Crippen molar-refractivity contribution in [3.05, 3.63) is 33.3 Å². The zero-order chi connectivity index (χ0) is 9.42. The van der Waals surface area contributed by atoms with Gasteiger partial charge in [-0.3, -0.25) is 10.1 Å². The van der Waals surface area contributed by atoms with E-state index < -0.39 is 4.92 Å². The minimum atomic E-state index is -0.401. The Morgan fingerprint density at radius 3 is 3.00 bits per heavy atom. The lowest BCUT2D eigenvalue weighted by Crippen LogP contribution is -1.88. The number of aryl methyl sites for hydroxylation is 1. The number of para-hydroxylation sites is 1. The fourth-order valence-electron chi connectivity index (χ4n) is 1.19. The van der Waals surface area contributed by atoms with Gasteiger partial charge in [0.1, 0.15) is 0 Å². The summed E-state index contributed by atoms with van der Waals surface area (Å²) in [7, 11) is 0. The molecule has 0 bridgehead atoms. The first-order chi connectivity index (χ1) is 6.18. The van der Waals surface area contributed by atoms with Crippen molar-refractivity contribution in [2.24, 2.45) is 0 Å². The average Bonchev–Trinajstić information content (AvgIpc) is 2.43. The van der Waals surface area contributed by atoms with Gasteiger partial charge < -0.3 is 0 Å². The van der Waals surface area contributed by atoms with E-state index >= 15 is 0 Å². The third-order valence-electron chi connectivity index (χ3n) is 1.70. The number of hydrogen-bond donors (Lipinski definition) is 0. The fourth-order valence-corrected chi connectivity index (χ4v) is 2.04. The number of nitrogens with zero attached hydrogens (tertiary/aromatic N) is 2. The summed E-state index contributed by atoms with van der Waals surface area (Å²) in [6.45, 7) is 1.84. The molecule has 66 valence electrons. The van der Waals surface area contributed by atoms with Crippen molar-refractivity contribution in [3.63, 3.8) is 0 Å². The molecule has 1 heterocycles. The minimum Gasteiger partial charge on any atom is -0.258 e. The molecule has 0 saturated carbocycles. The Balaban J connectivity index is 2.82. The lowest BCUT2D eigenvalue weighted by molar-refractivity contribution is -0.383. The highest BCUT2D eigenvalue weighted by atomic mass is 32.1. The van der Waals surface area contributed by atoms with E-state index in [2.05, 4.69) is 4.98 Å². The zero-order valence-corrected chi connectivity index (χ0v) is 7.67. The van der Waals surface area contributed by atoms with Crippen LogP contribution in [0.3, 0.4) is 0 Å². The molecule has 0 spiro atoms. The molecule has 0 fully saturated rings. The monoisotopic (exact) mass is 194 g/mol. The fraction of sp³-hybridized carbons (Fsp3) is 0.125. The van der Waals surface area contributed by atoms with Gasteiger partial charge in [-0.15, -0.1) is 11.3 Å². The molecule has 0 unspecified atom stereocenters. The quantitative estimate of drug-likeness (QED) is 0.517. The maximum atomic E-state index is 10.6. The molecule has 0 saturated heterocycles. The van der Waals surface area contributed by atoms with Gasteiger partial charge in [-0.05, 0) is 13.0 Å². The first-order valence-corrected chi connectivity index (χ1v) is 4.50. The second-order valence-corrected chi connectivity index (χ2v) is 3.85. The van der Waals surface area contributed by atoms with E-state index in [4.69, 9.17) is 0 Å². The van der Waals surface area contributed by atoms with Crippen molar-refractivity contribution >= 4 is 27.2 Å². The molecule has 13 heavy (non-hydrogen) atoms. The first-order valence-electron chi connectivity index (χ1n) is 3.69. The highest BCUT2D eigenvalue weighted by Gasteiger charge is 2.13. The number of fused-ring (bicyclic) bond motifs is 1. The van der Waals surface area contributed by atoms with Crippen LogP contribution < -0.4 is 0 Å². The van der Waals surface area contributed by atoms with Gasteiger partial charge in [-0.25, -0.2) is 4.98 Å². The molecule has 0 N–H and O–H groups in total. The van der Waals surface area contributed by atoms with Crippen LogP contribution in [0.15, 0.2) is 18.2 Å². The highest BCUT2D eigenvalue weighted by Crippen LogP contribution is 2.28. The second kappa shape index (κ2) is 2.77. The molecular formula is C8H6N2O2S. The molecule has 0 aliphatic carbocycles. The molecule has 2 aromatic rings. The van der Waals surface area contributed by atoms with E-state index in [-0.39, 0.29) is 5.69 Å². The van der Waals surface area contributed by atoms with Gasteiger partial charge in [-0.1, -0.05) is 6.07 Å². The summed E-state index contributed by atoms with van der Waals surface area (Å²) in [5.41, 5.74) is 0.580. The molecular weight excluding hydrogens is 188 g/mol. The zero-order valence-electron chi connectivity index (χ0n) is 6.85. The molecule has 0 radical (unpaired) electrons. The van der Waals surface area contributed by atoms with Gasteiger partial charge in [0.2, 0.25) is 0 Å². The predicted molar refractivity (Wildman–Crippen MR) is 51.0 cm³/mol. The Morgan fingerprint density at radius 2 is 2.31 bits per heavy atom. The lowest BCUT2D eigenvalue weighted by Gasteiger charge is -1.90. The maximum absolute atomic E-state index is 10.6. The lowest BCUT2D eigenvalue weighted by atomic mass is 10.3. The Kier molecular flexibility index (Phi) is 1.73. The summed E-state index contributed by atoms with van der Waals surface area (Å²) in [5.74, 6) is 0. The molecule has 2 rings (SSSR count). The molecule has 1 aromatic carbocycles. The van der Waals surface area contributed by atoms with E-state index in [0.29, 0.717) is 5.52 Å². The van der Waals surface area contributed by atoms with E-state index in [9.17, 15) is 10.1 Å². The van der Waals surface area contributed by atoms with Gasteiger partial charge in [0.25, 0.3) is 5.69 Å². The normalized spacial score (nSPS) is 10.5. The van der Waals surface area contributed by atoms with Crippen LogP contribution in [0.2, 0.25) is 0 Å². The number of hydrogen-bond acceptors (Lipinski definition) is 4. The number of thiazole rings is 1. The largest absolute Gasteiger partial charge is 0.296 e. The van der Waals surface area contributed by atoms with Crippen LogP contribution in [0.1, 0.15) is 5.01 Å². The summed E-state index contributed by atoms with van der Waals surface area (Å²) in [5, 5.41) is 11.4. The van der Waals surface area contributed by atoms with Gasteiger partial charge in [-0.2, -0.15) is 0 Å². The smallest absolute Gasteiger partial charge is 0.258 e. The third kappa shape index (κ3) is 1.27. The standard InChI is InChI=1S/C8H6N2O2S/c1-5-9-8-6(10(11)12)3-2-4-7(8)13-5/h2-4H,1H3. The number of aromatic nitrogens is 1. The van der Waals surface area contributed by atoms with Crippen molar-refractivity contribution in [2.45, 2.75) is 6.92 Å². The van der Waals surface area contributed by atoms with Crippen molar-refractivity contribution in [2.75, 3.05) is 0 Å². The Labute approximate surface area is 78.0 Å². The SMILES string of the molecule is Cc1nc2c([N+](=O)[O-])cccc2s1. The molecule has 4 nitrogen and oxygen atoms in total. The molecule has 0 amide bonds. The highest BCUT2D eigenvalue weighted by molar-refractivity contribution is 7.18. The number of rotatable bonds is 1. The van der Waals surface area contributed by atoms with Crippen LogP contribution in [-0.4, -0.2) is 9.91 Å². The van der Waals surface area contributed by atoms with Crippen molar-refractivity contribution in [3.8, 4) is 0 Å². The van der Waals surface area contributed by atoms with E-state index in [1.54, 1.807) is 6.07 Å². The summed E-state index contributed by atoms with van der Waals surface area (Å²) < 4.78 is 0.867. The van der Waals surface area contributed by atoms with Crippen LogP contribution in [0, 0.1) is 17.0 Å². The van der Waals surface area contributed by atoms with Crippen LogP contribution in [0.5, 0.6) is 0 Å². The molecule has 0 aliphatic rings. The van der Waals surface area contributed by atoms with Crippen LogP contribution in [0.4, 0.5) is 5.69 Å². The van der Waals surface area contributed by atoms with Gasteiger partial charge in [0.05, 0.1) is 14.6 Å². The average molecular weight is 194 g/mol. The molecule has 0 aliphatic heterocycles. The summed E-state index contributed by atoms with van der Waals surface area (Å²) in [6, 6.07) is 4.99. The number of benzene rings is 1. The first kappa shape index (κ1) is 8.12. The molecule has 5 heteroatoms. The predicted octanol–water partition coefficient (Wildman–Crippen LogP) is 2.51. The molecule has 0 atom stereocenters. The van der Waals surface area contributed by atoms with E-state index in [1.807, 2.05) is 13.0 Å². The van der Waals surface area contributed by atoms with Gasteiger partial charge >= 0.3 is 0 Å². The van der Waals surface area contributed by atoms with Gasteiger partial charge in [0, 0.05) is 6.07 Å². The number of nitro groups is 1. The Morgan fingerprint density at radius 1 is 1.54 bits per heavy atom.